The van der Waals surface area contributed by atoms with Gasteiger partial charge in [-0.25, -0.2) is 4.79 Å². The van der Waals surface area contributed by atoms with E-state index < -0.39 is 11.1 Å². The fraction of sp³-hybridized carbons (Fsp3) is 0.273. The molecular weight excluding hydrogens is 340 g/mol. The van der Waals surface area contributed by atoms with Crippen LogP contribution in [0.2, 0.25) is 0 Å². The van der Waals surface area contributed by atoms with Crippen molar-refractivity contribution in [2.24, 2.45) is 0 Å². The van der Waals surface area contributed by atoms with E-state index in [0.717, 1.165) is 12.0 Å². The molecule has 0 atom stereocenters. The highest BCUT2D eigenvalue weighted by atomic mass is 16.5. The molecule has 27 heavy (non-hydrogen) atoms. The number of H-pyrrole nitrogens is 2. The normalized spacial score (nSPS) is 11.5. The third-order valence-electron chi connectivity index (χ3n) is 4.62. The highest BCUT2D eigenvalue weighted by molar-refractivity contribution is 5.32. The van der Waals surface area contributed by atoms with E-state index in [2.05, 4.69) is 34.2 Å². The molecule has 1 heterocycles. The van der Waals surface area contributed by atoms with Crippen molar-refractivity contribution in [2.45, 2.75) is 32.3 Å². The number of ether oxygens (including phenoxy) is 1. The molecular formula is C22H24N2O3. The van der Waals surface area contributed by atoms with E-state index in [4.69, 9.17) is 4.74 Å². The van der Waals surface area contributed by atoms with E-state index in [1.165, 1.54) is 17.3 Å². The van der Waals surface area contributed by atoms with Gasteiger partial charge in [0.25, 0.3) is 5.56 Å². The Hall–Kier alpha value is -2.92. The molecule has 0 amide bonds. The lowest BCUT2D eigenvalue weighted by atomic mass is 9.87. The summed E-state index contributed by atoms with van der Waals surface area (Å²) in [5.41, 5.74) is 2.71. The van der Waals surface area contributed by atoms with Crippen molar-refractivity contribution in [1.82, 2.24) is 9.97 Å². The maximum absolute atomic E-state index is 12.0. The Morgan fingerprint density at radius 1 is 0.926 bits per heavy atom. The molecule has 0 spiro atoms. The second-order valence-corrected chi connectivity index (χ2v) is 7.29. The number of aromatic amines is 2. The molecule has 0 saturated carbocycles. The van der Waals surface area contributed by atoms with Crippen molar-refractivity contribution >= 4 is 0 Å². The van der Waals surface area contributed by atoms with Gasteiger partial charge in [0, 0.05) is 17.2 Å². The number of hydrogen-bond donors (Lipinski definition) is 2. The lowest BCUT2D eigenvalue weighted by Crippen LogP contribution is -2.35. The van der Waals surface area contributed by atoms with Crippen LogP contribution in [-0.2, 0) is 23.2 Å². The first-order chi connectivity index (χ1) is 13.0. The van der Waals surface area contributed by atoms with Crippen LogP contribution >= 0.6 is 0 Å². The van der Waals surface area contributed by atoms with Gasteiger partial charge in [-0.3, -0.25) is 9.78 Å². The number of hydrogen-bond acceptors (Lipinski definition) is 3. The van der Waals surface area contributed by atoms with Gasteiger partial charge in [0.05, 0.1) is 13.2 Å². The van der Waals surface area contributed by atoms with Crippen molar-refractivity contribution in [3.05, 3.63) is 104 Å². The Kier molecular flexibility index (Phi) is 5.72. The van der Waals surface area contributed by atoms with Crippen LogP contribution < -0.4 is 11.2 Å². The van der Waals surface area contributed by atoms with Gasteiger partial charge < -0.3 is 9.72 Å². The first-order valence-electron chi connectivity index (χ1n) is 8.97. The van der Waals surface area contributed by atoms with Gasteiger partial charge in [-0.15, -0.1) is 0 Å². The van der Waals surface area contributed by atoms with Crippen molar-refractivity contribution < 1.29 is 4.74 Å². The van der Waals surface area contributed by atoms with Gasteiger partial charge in [-0.05, 0) is 23.1 Å². The molecule has 2 N–H and O–H groups in total. The maximum atomic E-state index is 12.0. The lowest BCUT2D eigenvalue weighted by molar-refractivity contribution is 0.0815. The predicted octanol–water partition coefficient (Wildman–Crippen LogP) is 3.15. The number of aromatic nitrogens is 2. The van der Waals surface area contributed by atoms with Crippen LogP contribution in [0.25, 0.3) is 0 Å². The zero-order valence-corrected chi connectivity index (χ0v) is 15.6. The minimum atomic E-state index is -0.522. The largest absolute Gasteiger partial charge is 0.376 e. The first kappa shape index (κ1) is 18.9. The molecule has 5 nitrogen and oxygen atoms in total. The minimum Gasteiger partial charge on any atom is -0.376 e. The van der Waals surface area contributed by atoms with Crippen LogP contribution in [0, 0.1) is 0 Å². The lowest BCUT2D eigenvalue weighted by Gasteiger charge is -2.24. The zero-order chi connectivity index (χ0) is 19.3. The summed E-state index contributed by atoms with van der Waals surface area (Å²) in [6.45, 7) is 4.67. The van der Waals surface area contributed by atoms with Gasteiger partial charge in [-0.2, -0.15) is 0 Å². The van der Waals surface area contributed by atoms with Gasteiger partial charge in [0.1, 0.15) is 0 Å². The number of benzene rings is 2. The molecule has 0 aliphatic rings. The fourth-order valence-electron chi connectivity index (χ4n) is 3.09. The van der Waals surface area contributed by atoms with E-state index in [0.29, 0.717) is 18.8 Å². The summed E-state index contributed by atoms with van der Waals surface area (Å²) in [6, 6.07) is 18.5. The second-order valence-electron chi connectivity index (χ2n) is 7.29. The summed E-state index contributed by atoms with van der Waals surface area (Å²) in [5, 5.41) is 0. The summed E-state index contributed by atoms with van der Waals surface area (Å²) >= 11 is 0. The molecule has 0 unspecified atom stereocenters. The van der Waals surface area contributed by atoms with Crippen LogP contribution in [0.1, 0.15) is 36.1 Å². The molecule has 0 bridgehead atoms. The predicted molar refractivity (Wildman–Crippen MR) is 106 cm³/mol. The third-order valence-corrected chi connectivity index (χ3v) is 4.62. The van der Waals surface area contributed by atoms with E-state index in [1.807, 2.05) is 44.2 Å². The minimum absolute atomic E-state index is 0.363. The van der Waals surface area contributed by atoms with Crippen molar-refractivity contribution in [1.29, 1.82) is 0 Å². The molecule has 0 radical (unpaired) electrons. The van der Waals surface area contributed by atoms with Gasteiger partial charge in [-0.1, -0.05) is 68.4 Å². The maximum Gasteiger partial charge on any atom is 0.325 e. The smallest absolute Gasteiger partial charge is 0.325 e. The molecule has 0 saturated heterocycles. The molecule has 140 valence electrons. The van der Waals surface area contributed by atoms with Crippen LogP contribution in [0.3, 0.4) is 0 Å². The SMILES string of the molecule is CC(C)(COCc1ccccc1Cc1ccccc1)c1c[nH]c(=O)[nH]c1=O. The Bertz CT molecular complexity index is 1000. The number of rotatable bonds is 7. The second kappa shape index (κ2) is 8.18. The topological polar surface area (TPSA) is 75.0 Å². The Balaban J connectivity index is 1.68. The summed E-state index contributed by atoms with van der Waals surface area (Å²) in [4.78, 5) is 28.1. The molecule has 0 aliphatic heterocycles. The Morgan fingerprint density at radius 3 is 2.30 bits per heavy atom. The summed E-state index contributed by atoms with van der Waals surface area (Å²) < 4.78 is 5.96. The quantitative estimate of drug-likeness (QED) is 0.676. The monoisotopic (exact) mass is 364 g/mol. The van der Waals surface area contributed by atoms with Crippen molar-refractivity contribution in [2.75, 3.05) is 6.61 Å². The third kappa shape index (κ3) is 4.83. The standard InChI is InChI=1S/C22H24N2O3/c1-22(2,19-13-23-21(26)24-20(19)25)15-27-14-18-11-7-6-10-17(18)12-16-8-4-3-5-9-16/h3-11,13H,12,14-15H2,1-2H3,(H2,23,24,25,26). The van der Waals surface area contributed by atoms with Crippen LogP contribution in [0.15, 0.2) is 70.4 Å². The molecule has 3 rings (SSSR count). The van der Waals surface area contributed by atoms with Crippen LogP contribution in [0.5, 0.6) is 0 Å². The molecule has 5 heteroatoms. The summed E-state index contributed by atoms with van der Waals surface area (Å²) in [6.07, 6.45) is 2.32. The highest BCUT2D eigenvalue weighted by Crippen LogP contribution is 2.21. The zero-order valence-electron chi connectivity index (χ0n) is 15.6. The van der Waals surface area contributed by atoms with Gasteiger partial charge >= 0.3 is 5.69 Å². The molecule has 2 aromatic carbocycles. The van der Waals surface area contributed by atoms with Crippen molar-refractivity contribution in [3.63, 3.8) is 0 Å². The van der Waals surface area contributed by atoms with E-state index in [9.17, 15) is 9.59 Å². The summed E-state index contributed by atoms with van der Waals surface area (Å²) in [5.74, 6) is 0. The fourth-order valence-corrected chi connectivity index (χ4v) is 3.09. The molecule has 3 aromatic rings. The van der Waals surface area contributed by atoms with Gasteiger partial charge in [0.2, 0.25) is 0 Å². The van der Waals surface area contributed by atoms with E-state index in [-0.39, 0.29) is 5.56 Å². The van der Waals surface area contributed by atoms with Crippen molar-refractivity contribution in [3.8, 4) is 0 Å². The van der Waals surface area contributed by atoms with E-state index >= 15 is 0 Å². The van der Waals surface area contributed by atoms with Gasteiger partial charge in [0.15, 0.2) is 0 Å². The molecule has 1 aromatic heterocycles. The average molecular weight is 364 g/mol. The van der Waals surface area contributed by atoms with Crippen LogP contribution in [0.4, 0.5) is 0 Å². The van der Waals surface area contributed by atoms with E-state index in [1.54, 1.807) is 0 Å². The number of nitrogens with one attached hydrogen (secondary N) is 2. The molecule has 0 aliphatic carbocycles. The molecule has 0 fully saturated rings. The van der Waals surface area contributed by atoms with Crippen LogP contribution in [-0.4, -0.2) is 16.6 Å². The summed E-state index contributed by atoms with van der Waals surface area (Å²) in [7, 11) is 0. The Morgan fingerprint density at radius 2 is 1.59 bits per heavy atom. The average Bonchev–Trinajstić information content (AvgIpc) is 2.63. The Labute approximate surface area is 158 Å². The highest BCUT2D eigenvalue weighted by Gasteiger charge is 2.24. The first-order valence-corrected chi connectivity index (χ1v) is 8.97.